The highest BCUT2D eigenvalue weighted by molar-refractivity contribution is 9.10. The van der Waals surface area contributed by atoms with Gasteiger partial charge in [-0.2, -0.15) is 0 Å². The average Bonchev–Trinajstić information content (AvgIpc) is 3.09. The molecule has 8 heteroatoms. The Bertz CT molecular complexity index is 2090. The van der Waals surface area contributed by atoms with E-state index >= 15 is 0 Å². The average molecular weight is 827 g/mol. The third-order valence-corrected chi connectivity index (χ3v) is 18.4. The summed E-state index contributed by atoms with van der Waals surface area (Å²) < 4.78 is 15.2. The molecule has 1 unspecified atom stereocenters. The third kappa shape index (κ3) is 8.73. The fraction of sp³-hybridized carbons (Fsp3) is 0.447. The molecule has 0 spiro atoms. The molecule has 3 aromatic carbocycles. The summed E-state index contributed by atoms with van der Waals surface area (Å²) in [6.07, 6.45) is 6.75. The highest BCUT2D eigenvalue weighted by atomic mass is 79.9. The van der Waals surface area contributed by atoms with Crippen molar-refractivity contribution in [2.45, 2.75) is 111 Å². The van der Waals surface area contributed by atoms with Gasteiger partial charge in [0.25, 0.3) is 0 Å². The Morgan fingerprint density at radius 1 is 0.891 bits per heavy atom. The Labute approximate surface area is 339 Å². The van der Waals surface area contributed by atoms with Gasteiger partial charge in [0.1, 0.15) is 27.8 Å². The van der Waals surface area contributed by atoms with Gasteiger partial charge in [0.2, 0.25) is 0 Å². The van der Waals surface area contributed by atoms with Crippen molar-refractivity contribution in [2.75, 3.05) is 32.6 Å². The van der Waals surface area contributed by atoms with Crippen LogP contribution in [0.15, 0.2) is 88.1 Å². The van der Waals surface area contributed by atoms with Gasteiger partial charge in [-0.3, -0.25) is 0 Å². The largest absolute Gasteiger partial charge is 0.456 e. The summed E-state index contributed by atoms with van der Waals surface area (Å²) in [4.78, 5) is 15.5. The molecule has 3 aromatic rings. The maximum absolute atomic E-state index is 13.1. The number of anilines is 1. The molecule has 1 aliphatic carbocycles. The van der Waals surface area contributed by atoms with Crippen LogP contribution in [-0.4, -0.2) is 68.3 Å². The molecule has 294 valence electrons. The van der Waals surface area contributed by atoms with Crippen LogP contribution < -0.4 is 10.1 Å². The number of allylic oxidation sites excluding steroid dienone is 5. The molecule has 1 N–H and O–H groups in total. The van der Waals surface area contributed by atoms with Gasteiger partial charge in [0.05, 0.1) is 11.2 Å². The summed E-state index contributed by atoms with van der Waals surface area (Å²) in [6, 6.07) is 18.9. The smallest absolute Gasteiger partial charge is 0.338 e. The number of ether oxygens (including phenoxy) is 2. The summed E-state index contributed by atoms with van der Waals surface area (Å²) in [5.41, 5.74) is 10.4. The number of fused-ring (bicyclic) bond motifs is 2. The Balaban J connectivity index is 1.60. The zero-order valence-electron chi connectivity index (χ0n) is 35.5. The van der Waals surface area contributed by atoms with E-state index in [0.29, 0.717) is 16.6 Å². The van der Waals surface area contributed by atoms with Gasteiger partial charge < -0.3 is 19.5 Å². The van der Waals surface area contributed by atoms with Gasteiger partial charge in [-0.25, -0.2) is 9.37 Å². The summed E-state index contributed by atoms with van der Waals surface area (Å²) in [5.74, 6) is -0.308. The SMILES string of the molecule is Cc1cc(C(O)OC(C)(C)CCN(C)c2ccc3c(c2)[Si](C(C)C)(C(C)C)C2=CC(=[N+](C)C)C=CC2=C3c2ccc(C(=O)OC(C)(C)C)cc2C)ccc1Br. The van der Waals surface area contributed by atoms with Gasteiger partial charge >= 0.3 is 5.97 Å². The summed E-state index contributed by atoms with van der Waals surface area (Å²) in [7, 11) is 3.98. The van der Waals surface area contributed by atoms with Crippen LogP contribution in [-0.2, 0) is 9.47 Å². The zero-order chi connectivity index (χ0) is 40.8. The van der Waals surface area contributed by atoms with Crippen LogP contribution in [0.5, 0.6) is 0 Å². The second kappa shape index (κ2) is 16.1. The van der Waals surface area contributed by atoms with E-state index in [2.05, 4.69) is 138 Å². The fourth-order valence-electron chi connectivity index (χ4n) is 8.42. The number of rotatable bonds is 11. The molecule has 1 atom stereocenters. The van der Waals surface area contributed by atoms with E-state index < -0.39 is 25.6 Å². The quantitative estimate of drug-likeness (QED) is 0.0903. The molecular formula is C47H62BrN2O4Si+. The summed E-state index contributed by atoms with van der Waals surface area (Å²) >= 11 is 3.55. The molecule has 0 bridgehead atoms. The lowest BCUT2D eigenvalue weighted by atomic mass is 9.87. The molecule has 55 heavy (non-hydrogen) atoms. The topological polar surface area (TPSA) is 62.0 Å². The first kappa shape index (κ1) is 42.6. The molecule has 0 radical (unpaired) electrons. The van der Waals surface area contributed by atoms with Crippen molar-refractivity contribution in [3.8, 4) is 0 Å². The molecule has 0 saturated carbocycles. The Morgan fingerprint density at radius 2 is 1.55 bits per heavy atom. The van der Waals surface area contributed by atoms with Crippen molar-refractivity contribution in [3.63, 3.8) is 0 Å². The Kier molecular flexibility index (Phi) is 12.5. The number of aliphatic hydroxyl groups is 1. The maximum Gasteiger partial charge on any atom is 0.338 e. The number of aliphatic hydroxyl groups excluding tert-OH is 1. The second-order valence-electron chi connectivity index (χ2n) is 17.8. The molecule has 5 rings (SSSR count). The Morgan fingerprint density at radius 3 is 2.13 bits per heavy atom. The third-order valence-electron chi connectivity index (χ3n) is 11.3. The van der Waals surface area contributed by atoms with Crippen LogP contribution >= 0.6 is 15.9 Å². The van der Waals surface area contributed by atoms with Crippen molar-refractivity contribution >= 4 is 52.1 Å². The molecular weight excluding hydrogens is 765 g/mol. The van der Waals surface area contributed by atoms with E-state index in [4.69, 9.17) is 9.47 Å². The predicted octanol–water partition coefficient (Wildman–Crippen LogP) is 10.4. The minimum absolute atomic E-state index is 0.308. The van der Waals surface area contributed by atoms with Gasteiger partial charge in [-0.15, -0.1) is 0 Å². The van der Waals surface area contributed by atoms with Crippen LogP contribution in [0.2, 0.25) is 11.1 Å². The molecule has 0 amide bonds. The number of esters is 1. The number of benzene rings is 3. The van der Waals surface area contributed by atoms with E-state index in [-0.39, 0.29) is 5.97 Å². The lowest BCUT2D eigenvalue weighted by Crippen LogP contribution is -2.59. The van der Waals surface area contributed by atoms with E-state index in [0.717, 1.165) is 39.7 Å². The number of hydrogen-bond donors (Lipinski definition) is 1. The second-order valence-corrected chi connectivity index (χ2v) is 23.8. The predicted molar refractivity (Wildman–Crippen MR) is 236 cm³/mol. The van der Waals surface area contributed by atoms with Gasteiger partial charge in [0, 0.05) is 41.5 Å². The van der Waals surface area contributed by atoms with Crippen LogP contribution in [0.4, 0.5) is 5.69 Å². The number of halogens is 1. The standard InChI is InChI=1S/C47H62BrN2O4Si/c1-29(2)55(30(3)4)41-27-35(49(12)13)17-20-38(41)43(37-19-15-33(25-31(37)5)44(51)53-46(7,8)9)39-21-18-36(28-42(39)55)50(14)24-23-47(10,11)54-45(52)34-16-22-40(48)32(6)26-34/h15-22,25-30,45,52H,23-24H2,1-14H3/q+1. The van der Waals surface area contributed by atoms with Gasteiger partial charge in [-0.1, -0.05) is 61.8 Å². The van der Waals surface area contributed by atoms with E-state index in [1.54, 1.807) is 0 Å². The molecule has 6 nitrogen and oxygen atoms in total. The van der Waals surface area contributed by atoms with Crippen molar-refractivity contribution in [2.24, 2.45) is 0 Å². The number of carbonyl (C=O) groups is 1. The molecule has 0 saturated heterocycles. The maximum atomic E-state index is 13.1. The van der Waals surface area contributed by atoms with E-state index in [1.807, 2.05) is 58.0 Å². The molecule has 1 aliphatic heterocycles. The zero-order valence-corrected chi connectivity index (χ0v) is 38.1. The van der Waals surface area contributed by atoms with Crippen molar-refractivity contribution < 1.29 is 24.0 Å². The van der Waals surface area contributed by atoms with Crippen LogP contribution in [0.1, 0.15) is 113 Å². The first-order chi connectivity index (χ1) is 25.6. The lowest BCUT2D eigenvalue weighted by molar-refractivity contribution is -0.462. The number of hydrogen-bond acceptors (Lipinski definition) is 5. The first-order valence-electron chi connectivity index (χ1n) is 19.6. The molecule has 0 fully saturated rings. The van der Waals surface area contributed by atoms with Gasteiger partial charge in [0.15, 0.2) is 12.0 Å². The van der Waals surface area contributed by atoms with Crippen LogP contribution in [0, 0.1) is 13.8 Å². The minimum atomic E-state index is -2.42. The summed E-state index contributed by atoms with van der Waals surface area (Å²) in [5, 5.41) is 13.9. The highest BCUT2D eigenvalue weighted by Crippen LogP contribution is 2.50. The molecule has 1 heterocycles. The normalized spacial score (nSPS) is 15.9. The van der Waals surface area contributed by atoms with Crippen LogP contribution in [0.25, 0.3) is 5.57 Å². The highest BCUT2D eigenvalue weighted by Gasteiger charge is 2.51. The van der Waals surface area contributed by atoms with Gasteiger partial charge in [-0.05, 0) is 152 Å². The fourth-order valence-corrected chi connectivity index (χ4v) is 14.9. The number of carbonyl (C=O) groups excluding carboxylic acids is 1. The lowest BCUT2D eigenvalue weighted by Gasteiger charge is -2.48. The van der Waals surface area contributed by atoms with Crippen molar-refractivity contribution in [3.05, 3.63) is 121 Å². The summed E-state index contributed by atoms with van der Waals surface area (Å²) in [6.45, 7) is 24.3. The minimum Gasteiger partial charge on any atom is -0.456 e. The first-order valence-corrected chi connectivity index (χ1v) is 22.5. The van der Waals surface area contributed by atoms with Crippen molar-refractivity contribution in [1.29, 1.82) is 0 Å². The van der Waals surface area contributed by atoms with E-state index in [1.165, 1.54) is 38.5 Å². The molecule has 0 aromatic heterocycles. The number of nitrogens with zero attached hydrogens (tertiary/aromatic N) is 2. The van der Waals surface area contributed by atoms with Crippen molar-refractivity contribution in [1.82, 2.24) is 0 Å². The number of aryl methyl sites for hydroxylation is 2. The van der Waals surface area contributed by atoms with E-state index in [9.17, 15) is 9.90 Å². The van der Waals surface area contributed by atoms with Crippen LogP contribution in [0.3, 0.4) is 0 Å². The molecule has 2 aliphatic rings. The Hall–Kier alpha value is -3.56. The monoisotopic (exact) mass is 825 g/mol.